The van der Waals surface area contributed by atoms with E-state index in [0.717, 1.165) is 0 Å². The largest absolute Gasteiger partial charge is 0.458 e. The van der Waals surface area contributed by atoms with Crippen LogP contribution in [0.4, 0.5) is 5.13 Å². The predicted molar refractivity (Wildman–Crippen MR) is 88.6 cm³/mol. The molecule has 0 aromatic carbocycles. The van der Waals surface area contributed by atoms with E-state index in [4.69, 9.17) is 9.15 Å². The van der Waals surface area contributed by atoms with Crippen molar-refractivity contribution >= 4 is 28.3 Å². The van der Waals surface area contributed by atoms with E-state index in [0.29, 0.717) is 48.6 Å². The lowest BCUT2D eigenvalue weighted by Gasteiger charge is -2.22. The fourth-order valence-electron chi connectivity index (χ4n) is 2.19. The Labute approximate surface area is 142 Å². The van der Waals surface area contributed by atoms with Gasteiger partial charge in [0.25, 0.3) is 0 Å². The Kier molecular flexibility index (Phi) is 5.24. The van der Waals surface area contributed by atoms with Gasteiger partial charge in [0.15, 0.2) is 10.9 Å². The Bertz CT molecular complexity index is 721. The fraction of sp³-hybridized carbons (Fsp3) is 0.400. The molecule has 1 atom stereocenters. The molecule has 0 aliphatic carbocycles. The average Bonchev–Trinajstić information content (AvgIpc) is 3.22. The van der Waals surface area contributed by atoms with Crippen LogP contribution in [0.2, 0.25) is 0 Å². The van der Waals surface area contributed by atoms with E-state index in [1.54, 1.807) is 17.5 Å². The van der Waals surface area contributed by atoms with E-state index in [2.05, 4.69) is 20.9 Å². The van der Waals surface area contributed by atoms with Crippen LogP contribution in [0.5, 0.6) is 0 Å². The van der Waals surface area contributed by atoms with E-state index >= 15 is 0 Å². The lowest BCUT2D eigenvalue weighted by atomic mass is 10.2. The highest BCUT2D eigenvalue weighted by atomic mass is 32.1. The van der Waals surface area contributed by atoms with Gasteiger partial charge in [0.2, 0.25) is 11.8 Å². The number of carbonyl (C=O) groups is 2. The number of morpholine rings is 1. The van der Waals surface area contributed by atoms with E-state index in [1.165, 1.54) is 18.3 Å². The van der Waals surface area contributed by atoms with Crippen molar-refractivity contribution in [1.29, 1.82) is 0 Å². The lowest BCUT2D eigenvalue weighted by Crippen LogP contribution is -2.48. The first-order valence-electron chi connectivity index (χ1n) is 7.53. The van der Waals surface area contributed by atoms with Gasteiger partial charge < -0.3 is 25.1 Å². The number of nitrogens with one attached hydrogen (secondary N) is 3. The van der Waals surface area contributed by atoms with E-state index in [1.807, 2.05) is 0 Å². The van der Waals surface area contributed by atoms with Crippen molar-refractivity contribution in [3.05, 3.63) is 23.3 Å². The van der Waals surface area contributed by atoms with Crippen LogP contribution >= 0.6 is 11.3 Å². The van der Waals surface area contributed by atoms with Gasteiger partial charge in [0.05, 0.1) is 19.8 Å². The summed E-state index contributed by atoms with van der Waals surface area (Å²) in [4.78, 5) is 27.4. The van der Waals surface area contributed by atoms with Gasteiger partial charge in [-0.1, -0.05) is 0 Å². The van der Waals surface area contributed by atoms with Crippen LogP contribution in [-0.2, 0) is 20.9 Å². The summed E-state index contributed by atoms with van der Waals surface area (Å²) in [5.41, 5.74) is 0.636. The quantitative estimate of drug-likeness (QED) is 0.742. The molecule has 0 spiro atoms. The minimum absolute atomic E-state index is 0.119. The van der Waals surface area contributed by atoms with Crippen LogP contribution in [0, 0.1) is 0 Å². The maximum Gasteiger partial charge on any atom is 0.245 e. The van der Waals surface area contributed by atoms with Crippen LogP contribution < -0.4 is 16.0 Å². The van der Waals surface area contributed by atoms with Crippen LogP contribution in [0.1, 0.15) is 12.7 Å². The second-order valence-corrected chi connectivity index (χ2v) is 6.14. The molecule has 1 aliphatic heterocycles. The van der Waals surface area contributed by atoms with Gasteiger partial charge >= 0.3 is 0 Å². The highest BCUT2D eigenvalue weighted by Crippen LogP contribution is 2.26. The van der Waals surface area contributed by atoms with Crippen LogP contribution in [0.3, 0.4) is 0 Å². The van der Waals surface area contributed by atoms with E-state index < -0.39 is 0 Å². The normalized spacial score (nSPS) is 17.5. The van der Waals surface area contributed by atoms with Crippen molar-refractivity contribution < 1.29 is 18.7 Å². The van der Waals surface area contributed by atoms with E-state index in [9.17, 15) is 9.59 Å². The number of rotatable bonds is 5. The molecule has 1 unspecified atom stereocenters. The zero-order valence-corrected chi connectivity index (χ0v) is 13.9. The number of thiazole rings is 1. The smallest absolute Gasteiger partial charge is 0.245 e. The summed E-state index contributed by atoms with van der Waals surface area (Å²) in [5, 5.41) is 10.8. The minimum Gasteiger partial charge on any atom is -0.458 e. The number of amides is 2. The van der Waals surface area contributed by atoms with Crippen molar-refractivity contribution in [3.8, 4) is 11.5 Å². The number of carbonyl (C=O) groups excluding carboxylic acids is 2. The monoisotopic (exact) mass is 350 g/mol. The molecule has 3 N–H and O–H groups in total. The Morgan fingerprint density at radius 2 is 2.33 bits per heavy atom. The Morgan fingerprint density at radius 3 is 3.08 bits per heavy atom. The molecule has 2 amide bonds. The van der Waals surface area contributed by atoms with Gasteiger partial charge in [-0.15, -0.1) is 11.3 Å². The summed E-state index contributed by atoms with van der Waals surface area (Å²) < 4.78 is 10.9. The summed E-state index contributed by atoms with van der Waals surface area (Å²) in [6, 6.07) is 3.21. The molecule has 128 valence electrons. The van der Waals surface area contributed by atoms with Crippen molar-refractivity contribution in [2.75, 3.05) is 25.1 Å². The number of anilines is 1. The molecular formula is C15H18N4O4S. The second-order valence-electron chi connectivity index (χ2n) is 5.28. The Hall–Kier alpha value is -2.23. The topological polar surface area (TPSA) is 105 Å². The SMILES string of the molecule is CC(=O)NCc1ccc(-c2csc(NC(=O)C3COCCN3)n2)o1. The lowest BCUT2D eigenvalue weighted by molar-refractivity contribution is -0.121. The molecule has 3 rings (SSSR count). The number of hydrogen-bond donors (Lipinski definition) is 3. The van der Waals surface area contributed by atoms with E-state index in [-0.39, 0.29) is 17.9 Å². The third-order valence-corrected chi connectivity index (χ3v) is 4.16. The molecule has 24 heavy (non-hydrogen) atoms. The van der Waals surface area contributed by atoms with Crippen molar-refractivity contribution in [2.45, 2.75) is 19.5 Å². The van der Waals surface area contributed by atoms with Gasteiger partial charge in [0, 0.05) is 18.8 Å². The maximum atomic E-state index is 12.1. The molecule has 2 aromatic rings. The first kappa shape index (κ1) is 16.6. The standard InChI is InChI=1S/C15H18N4O4S/c1-9(20)17-6-10-2-3-13(23-10)12-8-24-15(18-12)19-14(21)11-7-22-5-4-16-11/h2-3,8,11,16H,4-7H2,1H3,(H,17,20)(H,18,19,21). The molecule has 0 saturated carbocycles. The molecule has 1 saturated heterocycles. The highest BCUT2D eigenvalue weighted by Gasteiger charge is 2.22. The number of furan rings is 1. The van der Waals surface area contributed by atoms with Crippen molar-refractivity contribution in [1.82, 2.24) is 15.6 Å². The summed E-state index contributed by atoms with van der Waals surface area (Å²) in [5.74, 6) is 0.946. The molecule has 0 bridgehead atoms. The van der Waals surface area contributed by atoms with Gasteiger partial charge in [-0.05, 0) is 12.1 Å². The van der Waals surface area contributed by atoms with Crippen molar-refractivity contribution in [3.63, 3.8) is 0 Å². The molecule has 1 aliphatic rings. The highest BCUT2D eigenvalue weighted by molar-refractivity contribution is 7.14. The summed E-state index contributed by atoms with van der Waals surface area (Å²) >= 11 is 1.32. The zero-order chi connectivity index (χ0) is 16.9. The van der Waals surface area contributed by atoms with Gasteiger partial charge in [-0.2, -0.15) is 0 Å². The van der Waals surface area contributed by atoms with Crippen LogP contribution in [0.15, 0.2) is 21.9 Å². The van der Waals surface area contributed by atoms with Crippen molar-refractivity contribution in [2.24, 2.45) is 0 Å². The number of hydrogen-bond acceptors (Lipinski definition) is 7. The minimum atomic E-state index is -0.362. The summed E-state index contributed by atoms with van der Waals surface area (Å²) in [7, 11) is 0. The second kappa shape index (κ2) is 7.56. The molecule has 2 aromatic heterocycles. The van der Waals surface area contributed by atoms with Crippen LogP contribution in [-0.4, -0.2) is 42.6 Å². The molecule has 0 radical (unpaired) electrons. The summed E-state index contributed by atoms with van der Waals surface area (Å²) in [6.07, 6.45) is 0. The molecule has 3 heterocycles. The fourth-order valence-corrected chi connectivity index (χ4v) is 2.90. The third-order valence-electron chi connectivity index (χ3n) is 3.40. The predicted octanol–water partition coefficient (Wildman–Crippen LogP) is 0.966. The average molecular weight is 350 g/mol. The maximum absolute atomic E-state index is 12.1. The number of aromatic nitrogens is 1. The number of ether oxygens (including phenoxy) is 1. The number of nitrogens with zero attached hydrogens (tertiary/aromatic N) is 1. The van der Waals surface area contributed by atoms with Crippen LogP contribution in [0.25, 0.3) is 11.5 Å². The zero-order valence-electron chi connectivity index (χ0n) is 13.1. The Balaban J connectivity index is 1.60. The molecule has 8 nitrogen and oxygen atoms in total. The third kappa shape index (κ3) is 4.19. The molecule has 1 fully saturated rings. The first-order chi connectivity index (χ1) is 11.6. The van der Waals surface area contributed by atoms with Gasteiger partial charge in [0.1, 0.15) is 17.5 Å². The molecular weight excluding hydrogens is 332 g/mol. The van der Waals surface area contributed by atoms with Gasteiger partial charge in [-0.3, -0.25) is 9.59 Å². The summed E-state index contributed by atoms with van der Waals surface area (Å²) in [6.45, 7) is 3.41. The first-order valence-corrected chi connectivity index (χ1v) is 8.41. The Morgan fingerprint density at radius 1 is 1.46 bits per heavy atom. The molecule has 9 heteroatoms. The van der Waals surface area contributed by atoms with Gasteiger partial charge in [-0.25, -0.2) is 4.98 Å².